The van der Waals surface area contributed by atoms with Crippen molar-refractivity contribution in [3.05, 3.63) is 11.9 Å². The van der Waals surface area contributed by atoms with Crippen LogP contribution in [-0.2, 0) is 0 Å². The van der Waals surface area contributed by atoms with Crippen LogP contribution in [0, 0.1) is 0 Å². The molecular formula is C4H11N3O. The monoisotopic (exact) mass is 117 g/mol. The topological polar surface area (TPSA) is 84.3 Å². The molecule has 0 radical (unpaired) electrons. The number of nitrogens with two attached hydrogens (primary N) is 2. The average Bonchev–Trinajstić information content (AvgIpc) is 1.67. The summed E-state index contributed by atoms with van der Waals surface area (Å²) in [5, 5.41) is 8.66. The number of hydrazine groups is 1. The number of aliphatic hydroxyl groups excluding tert-OH is 1. The summed E-state index contributed by atoms with van der Waals surface area (Å²) in [6.45, 7) is 1.56. The lowest BCUT2D eigenvalue weighted by Crippen LogP contribution is -2.21. The zero-order valence-corrected chi connectivity index (χ0v) is 4.76. The predicted molar refractivity (Wildman–Crippen MR) is 31.3 cm³/mol. The molecule has 0 amide bonds. The fourth-order valence-electron chi connectivity index (χ4n) is 0.217. The third-order valence-corrected chi connectivity index (χ3v) is 0.732. The molecule has 0 heterocycles. The Labute approximate surface area is 48.1 Å². The van der Waals surface area contributed by atoms with E-state index in [1.807, 2.05) is 0 Å². The van der Waals surface area contributed by atoms with E-state index < -0.39 is 6.10 Å². The van der Waals surface area contributed by atoms with Gasteiger partial charge in [0.25, 0.3) is 0 Å². The number of hydrogen-bond donors (Lipinski definition) is 4. The highest BCUT2D eigenvalue weighted by Gasteiger charge is 1.95. The second-order valence-corrected chi connectivity index (χ2v) is 1.49. The van der Waals surface area contributed by atoms with Gasteiger partial charge in [0.05, 0.1) is 11.8 Å². The molecule has 0 saturated heterocycles. The van der Waals surface area contributed by atoms with Gasteiger partial charge in [-0.25, -0.2) is 0 Å². The maximum Gasteiger partial charge on any atom is 0.0919 e. The Bertz CT molecular complexity index is 89.3. The molecule has 0 aromatic carbocycles. The number of hydrogen-bond acceptors (Lipinski definition) is 4. The van der Waals surface area contributed by atoms with E-state index in [0.717, 1.165) is 0 Å². The Balaban J connectivity index is 3.61. The normalized spacial score (nSPS) is 15.6. The quantitative estimate of drug-likeness (QED) is 0.265. The van der Waals surface area contributed by atoms with Crippen LogP contribution in [0.4, 0.5) is 0 Å². The molecule has 0 bridgehead atoms. The fraction of sp³-hybridized carbons (Fsp3) is 0.500. The lowest BCUT2D eigenvalue weighted by Gasteiger charge is -2.01. The lowest BCUT2D eigenvalue weighted by atomic mass is 10.3. The summed E-state index contributed by atoms with van der Waals surface area (Å²) in [4.78, 5) is 0. The van der Waals surface area contributed by atoms with Crippen LogP contribution in [0.3, 0.4) is 0 Å². The van der Waals surface area contributed by atoms with Crippen molar-refractivity contribution in [3.63, 3.8) is 0 Å². The van der Waals surface area contributed by atoms with Crippen molar-refractivity contribution in [3.8, 4) is 0 Å². The Morgan fingerprint density at radius 2 is 2.38 bits per heavy atom. The summed E-state index contributed by atoms with van der Waals surface area (Å²) < 4.78 is 0. The second-order valence-electron chi connectivity index (χ2n) is 1.49. The van der Waals surface area contributed by atoms with E-state index in [4.69, 9.17) is 16.7 Å². The van der Waals surface area contributed by atoms with Crippen molar-refractivity contribution >= 4 is 0 Å². The van der Waals surface area contributed by atoms with Gasteiger partial charge in [-0.15, -0.1) is 0 Å². The molecule has 6 N–H and O–H groups in total. The summed E-state index contributed by atoms with van der Waals surface area (Å²) in [6.07, 6.45) is 0.705. The molecule has 0 aliphatic rings. The summed E-state index contributed by atoms with van der Waals surface area (Å²) in [5.41, 5.74) is 7.72. The van der Waals surface area contributed by atoms with Crippen LogP contribution < -0.4 is 17.0 Å². The maximum absolute atomic E-state index is 8.66. The number of nitrogens with one attached hydrogen (secondary N) is 1. The fourth-order valence-corrected chi connectivity index (χ4v) is 0.217. The molecule has 0 aromatic rings. The molecule has 0 spiro atoms. The molecule has 1 unspecified atom stereocenters. The van der Waals surface area contributed by atoms with Crippen LogP contribution in [0.2, 0.25) is 0 Å². The van der Waals surface area contributed by atoms with Gasteiger partial charge < -0.3 is 16.3 Å². The number of rotatable bonds is 2. The first-order valence-electron chi connectivity index (χ1n) is 2.28. The molecule has 1 atom stereocenters. The predicted octanol–water partition coefficient (Wildman–Crippen LogP) is -1.37. The van der Waals surface area contributed by atoms with Gasteiger partial charge in [-0.2, -0.15) is 0 Å². The Morgan fingerprint density at radius 1 is 1.88 bits per heavy atom. The van der Waals surface area contributed by atoms with Gasteiger partial charge in [-0.3, -0.25) is 5.84 Å². The zero-order chi connectivity index (χ0) is 6.57. The molecular weight excluding hydrogens is 106 g/mol. The smallest absolute Gasteiger partial charge is 0.0919 e. The minimum Gasteiger partial charge on any atom is -0.399 e. The Morgan fingerprint density at radius 3 is 2.50 bits per heavy atom. The Kier molecular flexibility index (Phi) is 2.98. The molecule has 0 aliphatic heterocycles. The van der Waals surface area contributed by atoms with Crippen molar-refractivity contribution in [1.82, 2.24) is 5.43 Å². The first-order valence-corrected chi connectivity index (χ1v) is 2.28. The summed E-state index contributed by atoms with van der Waals surface area (Å²) in [5.74, 6) is 4.85. The van der Waals surface area contributed by atoms with Crippen molar-refractivity contribution in [2.45, 2.75) is 13.0 Å². The van der Waals surface area contributed by atoms with Crippen LogP contribution >= 0.6 is 0 Å². The summed E-state index contributed by atoms with van der Waals surface area (Å²) in [6, 6.07) is 0. The van der Waals surface area contributed by atoms with Crippen molar-refractivity contribution in [2.24, 2.45) is 11.6 Å². The van der Waals surface area contributed by atoms with Gasteiger partial charge in [0.15, 0.2) is 0 Å². The van der Waals surface area contributed by atoms with Gasteiger partial charge in [-0.1, -0.05) is 0 Å². The molecule has 8 heavy (non-hydrogen) atoms. The third-order valence-electron chi connectivity index (χ3n) is 0.732. The van der Waals surface area contributed by atoms with Crippen LogP contribution in [0.25, 0.3) is 0 Å². The molecule has 4 heteroatoms. The zero-order valence-electron chi connectivity index (χ0n) is 4.76. The minimum atomic E-state index is -0.633. The molecule has 0 aromatic heterocycles. The molecule has 4 nitrogen and oxygen atoms in total. The van der Waals surface area contributed by atoms with E-state index in [1.54, 1.807) is 6.92 Å². The van der Waals surface area contributed by atoms with Gasteiger partial charge in [0.2, 0.25) is 0 Å². The molecule has 0 saturated carbocycles. The Hall–Kier alpha value is -0.740. The van der Waals surface area contributed by atoms with Crippen molar-refractivity contribution in [1.29, 1.82) is 0 Å². The van der Waals surface area contributed by atoms with E-state index >= 15 is 0 Å². The highest BCUT2D eigenvalue weighted by atomic mass is 16.3. The molecule has 0 aliphatic carbocycles. The largest absolute Gasteiger partial charge is 0.399 e. The van der Waals surface area contributed by atoms with Crippen LogP contribution in [0.5, 0.6) is 0 Å². The average molecular weight is 117 g/mol. The van der Waals surface area contributed by atoms with Gasteiger partial charge in [0.1, 0.15) is 0 Å². The van der Waals surface area contributed by atoms with Crippen LogP contribution in [0.15, 0.2) is 11.9 Å². The van der Waals surface area contributed by atoms with Crippen molar-refractivity contribution in [2.75, 3.05) is 0 Å². The third kappa shape index (κ3) is 2.44. The van der Waals surface area contributed by atoms with Gasteiger partial charge in [-0.05, 0) is 6.92 Å². The minimum absolute atomic E-state index is 0.326. The summed E-state index contributed by atoms with van der Waals surface area (Å²) in [7, 11) is 0. The van der Waals surface area contributed by atoms with E-state index in [1.165, 1.54) is 6.20 Å². The van der Waals surface area contributed by atoms with Crippen molar-refractivity contribution < 1.29 is 5.11 Å². The van der Waals surface area contributed by atoms with Gasteiger partial charge in [0, 0.05) is 6.20 Å². The van der Waals surface area contributed by atoms with E-state index in [2.05, 4.69) is 5.43 Å². The molecule has 0 rings (SSSR count). The maximum atomic E-state index is 8.66. The van der Waals surface area contributed by atoms with E-state index in [-0.39, 0.29) is 0 Å². The second kappa shape index (κ2) is 3.29. The number of aliphatic hydroxyl groups is 1. The standard InChI is InChI=1S/C4H11N3O/c1-3(8)4(5)2-7-6/h2-3,7-8H,5-6H2,1H3/b4-2-. The van der Waals surface area contributed by atoms with E-state index in [0.29, 0.717) is 5.70 Å². The van der Waals surface area contributed by atoms with Crippen LogP contribution in [-0.4, -0.2) is 11.2 Å². The highest BCUT2D eigenvalue weighted by Crippen LogP contribution is 1.87. The summed E-state index contributed by atoms with van der Waals surface area (Å²) >= 11 is 0. The first-order chi connectivity index (χ1) is 3.68. The highest BCUT2D eigenvalue weighted by molar-refractivity contribution is 4.98. The SMILES string of the molecule is CC(O)/C(N)=C/NN. The first kappa shape index (κ1) is 7.26. The molecule has 0 fully saturated rings. The lowest BCUT2D eigenvalue weighted by molar-refractivity contribution is 0.229. The van der Waals surface area contributed by atoms with Gasteiger partial charge >= 0.3 is 0 Å². The van der Waals surface area contributed by atoms with E-state index in [9.17, 15) is 0 Å². The molecule has 48 valence electrons. The van der Waals surface area contributed by atoms with Crippen LogP contribution in [0.1, 0.15) is 6.92 Å².